The summed E-state index contributed by atoms with van der Waals surface area (Å²) >= 11 is 0. The fraction of sp³-hybridized carbons (Fsp3) is 0.500. The van der Waals surface area contributed by atoms with Crippen molar-refractivity contribution in [3.05, 3.63) is 29.3 Å². The van der Waals surface area contributed by atoms with E-state index in [1.165, 1.54) is 0 Å². The van der Waals surface area contributed by atoms with E-state index in [1.54, 1.807) is 0 Å². The van der Waals surface area contributed by atoms with Crippen molar-refractivity contribution < 1.29 is 35.6 Å². The molecule has 1 aliphatic rings. The van der Waals surface area contributed by atoms with Crippen molar-refractivity contribution in [2.45, 2.75) is 44.0 Å². The Hall–Kier alpha value is -2.66. The highest BCUT2D eigenvalue weighted by Gasteiger charge is 2.44. The molecule has 152 valence electrons. The maximum atomic E-state index is 13.3. The molecule has 2 aromatic rings. The second kappa shape index (κ2) is 7.40. The molecule has 0 fully saturated rings. The normalized spacial score (nSPS) is 19.1. The number of halogens is 6. The van der Waals surface area contributed by atoms with E-state index in [-0.39, 0.29) is 25.1 Å². The number of nitrogens with one attached hydrogen (secondary N) is 1. The first kappa shape index (κ1) is 20.1. The number of aromatic nitrogens is 3. The number of hydrogen-bond donors (Lipinski definition) is 1. The van der Waals surface area contributed by atoms with Crippen molar-refractivity contribution in [1.82, 2.24) is 20.5 Å². The Bertz CT molecular complexity index is 862. The van der Waals surface area contributed by atoms with Crippen LogP contribution < -0.4 is 5.32 Å². The van der Waals surface area contributed by atoms with Gasteiger partial charge in [0.25, 0.3) is 11.8 Å². The minimum absolute atomic E-state index is 0.0110. The monoisotopic (exact) mass is 408 g/mol. The molecule has 4 bridgehead atoms. The summed E-state index contributed by atoms with van der Waals surface area (Å²) in [6.07, 6.45) is -8.96. The van der Waals surface area contributed by atoms with Crippen LogP contribution in [-0.2, 0) is 6.18 Å². The lowest BCUT2D eigenvalue weighted by Crippen LogP contribution is -2.28. The van der Waals surface area contributed by atoms with Crippen molar-refractivity contribution >= 4 is 5.91 Å². The van der Waals surface area contributed by atoms with Gasteiger partial charge < -0.3 is 9.73 Å². The van der Waals surface area contributed by atoms with E-state index in [9.17, 15) is 31.1 Å². The summed E-state index contributed by atoms with van der Waals surface area (Å²) in [5, 5.41) is 9.18. The van der Waals surface area contributed by atoms with Gasteiger partial charge >= 0.3 is 12.4 Å². The molecule has 0 saturated heterocycles. The molecule has 6 nitrogen and oxygen atoms in total. The van der Waals surface area contributed by atoms with Crippen molar-refractivity contribution in [2.75, 3.05) is 6.54 Å². The number of rotatable bonds is 0. The zero-order chi connectivity index (χ0) is 20.5. The van der Waals surface area contributed by atoms with E-state index in [0.717, 1.165) is 6.07 Å². The summed E-state index contributed by atoms with van der Waals surface area (Å²) in [5.74, 6) is -4.21. The second-order valence-corrected chi connectivity index (χ2v) is 6.24. The lowest BCUT2D eigenvalue weighted by molar-refractivity contribution is -0.156. The summed E-state index contributed by atoms with van der Waals surface area (Å²) in [4.78, 5) is 15.8. The van der Waals surface area contributed by atoms with Crippen LogP contribution in [0.5, 0.6) is 0 Å². The van der Waals surface area contributed by atoms with Gasteiger partial charge in [-0.05, 0) is 25.0 Å². The zero-order valence-electron chi connectivity index (χ0n) is 14.2. The standard InChI is InChI=1S/C16H14F6N4O2/c17-15(18,19)8-5-6-10-14-26-25-13(28-14)9(16(20,21)22)4-2-1-3-7-23-12(27)11(8)24-10/h5-6,9H,1-4,7H2,(H,23,27). The number of pyridine rings is 1. The van der Waals surface area contributed by atoms with Crippen LogP contribution >= 0.6 is 0 Å². The molecule has 0 saturated carbocycles. The van der Waals surface area contributed by atoms with Gasteiger partial charge in [-0.3, -0.25) is 4.79 Å². The molecular weight excluding hydrogens is 394 g/mol. The first-order valence-corrected chi connectivity index (χ1v) is 8.34. The second-order valence-electron chi connectivity index (χ2n) is 6.24. The number of carbonyl (C=O) groups excluding carboxylic acids is 1. The highest BCUT2D eigenvalue weighted by atomic mass is 19.4. The number of amides is 1. The molecule has 2 aromatic heterocycles. The van der Waals surface area contributed by atoms with E-state index in [4.69, 9.17) is 4.42 Å². The Labute approximate surface area is 154 Å². The molecule has 0 radical (unpaired) electrons. The first-order valence-electron chi connectivity index (χ1n) is 8.34. The number of nitrogens with zero attached hydrogens (tertiary/aromatic N) is 3. The smallest absolute Gasteiger partial charge is 0.418 e. The van der Waals surface area contributed by atoms with Crippen LogP contribution in [0.15, 0.2) is 16.5 Å². The Morgan fingerprint density at radius 1 is 1.04 bits per heavy atom. The van der Waals surface area contributed by atoms with Crippen molar-refractivity contribution in [2.24, 2.45) is 0 Å². The molecule has 28 heavy (non-hydrogen) atoms. The van der Waals surface area contributed by atoms with Gasteiger partial charge in [-0.1, -0.05) is 12.8 Å². The van der Waals surface area contributed by atoms with Gasteiger partial charge in [0.15, 0.2) is 0 Å². The van der Waals surface area contributed by atoms with E-state index >= 15 is 0 Å². The summed E-state index contributed by atoms with van der Waals surface area (Å²) in [6, 6.07) is 1.47. The van der Waals surface area contributed by atoms with Gasteiger partial charge in [0, 0.05) is 6.54 Å². The molecule has 12 heteroatoms. The Balaban J connectivity index is 2.09. The summed E-state index contributed by atoms with van der Waals surface area (Å²) in [6.45, 7) is 0.0110. The van der Waals surface area contributed by atoms with Crippen LogP contribution in [0, 0.1) is 0 Å². The lowest BCUT2D eigenvalue weighted by atomic mass is 10.0. The van der Waals surface area contributed by atoms with Crippen molar-refractivity contribution in [3.8, 4) is 11.6 Å². The van der Waals surface area contributed by atoms with Gasteiger partial charge in [0.05, 0.1) is 5.56 Å². The van der Waals surface area contributed by atoms with Crippen LogP contribution in [0.4, 0.5) is 26.3 Å². The third kappa shape index (κ3) is 4.25. The predicted octanol–water partition coefficient (Wildman–Crippen LogP) is 4.10. The van der Waals surface area contributed by atoms with Crippen molar-refractivity contribution in [1.29, 1.82) is 0 Å². The van der Waals surface area contributed by atoms with Crippen LogP contribution in [0.1, 0.15) is 53.5 Å². The molecule has 1 amide bonds. The Morgan fingerprint density at radius 2 is 1.79 bits per heavy atom. The fourth-order valence-electron chi connectivity index (χ4n) is 2.82. The molecule has 1 unspecified atom stereocenters. The third-order valence-electron chi connectivity index (χ3n) is 4.22. The quantitative estimate of drug-likeness (QED) is 0.664. The molecule has 3 heterocycles. The molecule has 0 aromatic carbocycles. The largest absolute Gasteiger partial charge is 0.419 e. The first-order chi connectivity index (χ1) is 13.1. The molecule has 1 N–H and O–H groups in total. The topological polar surface area (TPSA) is 80.9 Å². The maximum Gasteiger partial charge on any atom is 0.418 e. The van der Waals surface area contributed by atoms with Crippen molar-refractivity contribution in [3.63, 3.8) is 0 Å². The molecule has 1 aliphatic heterocycles. The Morgan fingerprint density at radius 3 is 2.46 bits per heavy atom. The fourth-order valence-corrected chi connectivity index (χ4v) is 2.82. The van der Waals surface area contributed by atoms with Gasteiger partial charge in [-0.15, -0.1) is 10.2 Å². The van der Waals surface area contributed by atoms with Gasteiger partial charge in [0.2, 0.25) is 5.89 Å². The Kier molecular flexibility index (Phi) is 5.31. The van der Waals surface area contributed by atoms with Gasteiger partial charge in [0.1, 0.15) is 17.3 Å². The number of carbonyl (C=O) groups is 1. The van der Waals surface area contributed by atoms with E-state index in [2.05, 4.69) is 20.5 Å². The molecule has 3 rings (SSSR count). The highest BCUT2D eigenvalue weighted by Crippen LogP contribution is 2.39. The van der Waals surface area contributed by atoms with Gasteiger partial charge in [-0.2, -0.15) is 26.3 Å². The predicted molar refractivity (Wildman–Crippen MR) is 82.1 cm³/mol. The maximum absolute atomic E-state index is 13.3. The average Bonchev–Trinajstić information content (AvgIpc) is 3.07. The minimum atomic E-state index is -4.84. The third-order valence-corrected chi connectivity index (χ3v) is 4.22. The number of fused-ring (bicyclic) bond motifs is 5. The molecule has 0 spiro atoms. The van der Waals surface area contributed by atoms with E-state index in [0.29, 0.717) is 18.9 Å². The zero-order valence-corrected chi connectivity index (χ0v) is 14.2. The van der Waals surface area contributed by atoms with Gasteiger partial charge in [-0.25, -0.2) is 4.98 Å². The molecule has 0 aliphatic carbocycles. The van der Waals surface area contributed by atoms with Crippen LogP contribution in [-0.4, -0.2) is 33.8 Å². The summed E-state index contributed by atoms with van der Waals surface area (Å²) in [7, 11) is 0. The molecular formula is C16H14F6N4O2. The lowest BCUT2D eigenvalue weighted by Gasteiger charge is -2.17. The SMILES string of the molecule is O=C1NCCCCCC(C(F)(F)F)c2nnc(o2)-c2ccc(C(F)(F)F)c1n2. The summed E-state index contributed by atoms with van der Waals surface area (Å²) < 4.78 is 84.5. The van der Waals surface area contributed by atoms with E-state index < -0.39 is 47.2 Å². The molecule has 1 atom stereocenters. The van der Waals surface area contributed by atoms with E-state index in [1.807, 2.05) is 0 Å². The number of alkyl halides is 6. The van der Waals surface area contributed by atoms with Crippen LogP contribution in [0.2, 0.25) is 0 Å². The minimum Gasteiger partial charge on any atom is -0.419 e. The summed E-state index contributed by atoms with van der Waals surface area (Å²) in [5.41, 5.74) is -2.50. The highest BCUT2D eigenvalue weighted by molar-refractivity contribution is 5.94. The average molecular weight is 408 g/mol. The van der Waals surface area contributed by atoms with Crippen LogP contribution in [0.25, 0.3) is 11.6 Å². The van der Waals surface area contributed by atoms with Crippen LogP contribution in [0.3, 0.4) is 0 Å². The number of hydrogen-bond acceptors (Lipinski definition) is 5.